The molecular weight excluding hydrogens is 306 g/mol. The van der Waals surface area contributed by atoms with Crippen LogP contribution in [0.1, 0.15) is 17.2 Å². The van der Waals surface area contributed by atoms with Crippen LogP contribution in [-0.2, 0) is 18.4 Å². The van der Waals surface area contributed by atoms with Gasteiger partial charge in [-0.3, -0.25) is 19.1 Å². The van der Waals surface area contributed by atoms with Gasteiger partial charge < -0.3 is 10.6 Å². The second kappa shape index (κ2) is 7.05. The van der Waals surface area contributed by atoms with Crippen LogP contribution in [-0.4, -0.2) is 37.5 Å². The van der Waals surface area contributed by atoms with Crippen molar-refractivity contribution in [2.24, 2.45) is 7.05 Å². The minimum Gasteiger partial charge on any atom is -0.322 e. The Morgan fingerprint density at radius 3 is 2.67 bits per heavy atom. The van der Waals surface area contributed by atoms with Gasteiger partial charge in [0.1, 0.15) is 6.04 Å². The Morgan fingerprint density at radius 1 is 1.21 bits per heavy atom. The van der Waals surface area contributed by atoms with E-state index in [0.717, 1.165) is 11.1 Å². The van der Waals surface area contributed by atoms with Crippen molar-refractivity contribution < 1.29 is 4.79 Å². The molecule has 2 N–H and O–H groups in total. The van der Waals surface area contributed by atoms with Crippen LogP contribution in [0.25, 0.3) is 0 Å². The van der Waals surface area contributed by atoms with E-state index in [1.54, 1.807) is 47.4 Å². The number of hydrogen-bond donors (Lipinski definition) is 2. The maximum absolute atomic E-state index is 12.5. The summed E-state index contributed by atoms with van der Waals surface area (Å²) in [5, 5.41) is 14.2. The highest BCUT2D eigenvalue weighted by molar-refractivity contribution is 5.95. The maximum Gasteiger partial charge on any atom is 0.246 e. The van der Waals surface area contributed by atoms with Crippen molar-refractivity contribution in [2.75, 3.05) is 12.4 Å². The first-order valence-corrected chi connectivity index (χ1v) is 7.54. The molecule has 1 amide bonds. The summed E-state index contributed by atoms with van der Waals surface area (Å²) in [5.74, 6) is -0.158. The molecule has 0 saturated carbocycles. The Kier molecular flexibility index (Phi) is 4.66. The van der Waals surface area contributed by atoms with Gasteiger partial charge in [-0.25, -0.2) is 0 Å². The number of amides is 1. The van der Waals surface area contributed by atoms with Gasteiger partial charge in [-0.1, -0.05) is 0 Å². The summed E-state index contributed by atoms with van der Waals surface area (Å²) in [6.07, 6.45) is 10.4. The zero-order valence-corrected chi connectivity index (χ0v) is 13.5. The highest BCUT2D eigenvalue weighted by Gasteiger charge is 2.20. The van der Waals surface area contributed by atoms with E-state index < -0.39 is 6.04 Å². The van der Waals surface area contributed by atoms with Crippen LogP contribution in [0.4, 0.5) is 5.69 Å². The predicted molar refractivity (Wildman–Crippen MR) is 89.2 cm³/mol. The number of aryl methyl sites for hydroxylation is 1. The summed E-state index contributed by atoms with van der Waals surface area (Å²) in [6.45, 7) is 0.621. The largest absolute Gasteiger partial charge is 0.322 e. The Balaban J connectivity index is 1.66. The van der Waals surface area contributed by atoms with Crippen LogP contribution >= 0.6 is 0 Å². The van der Waals surface area contributed by atoms with Gasteiger partial charge in [-0.05, 0) is 24.7 Å². The molecule has 3 rings (SSSR count). The molecule has 3 aromatic heterocycles. The van der Waals surface area contributed by atoms with Gasteiger partial charge >= 0.3 is 0 Å². The number of aromatic nitrogens is 5. The monoisotopic (exact) mass is 325 g/mol. The summed E-state index contributed by atoms with van der Waals surface area (Å²) < 4.78 is 3.43. The predicted octanol–water partition coefficient (Wildman–Crippen LogP) is 0.959. The standard InChI is InChI=1S/C16H19N7O/c1-17-15(13-7-19-22(2)10-13)16(24)21-14-8-20-23(11-14)9-12-3-5-18-6-4-12/h3-8,10-11,15,17H,9H2,1-2H3,(H,21,24). The van der Waals surface area contributed by atoms with E-state index in [4.69, 9.17) is 0 Å². The van der Waals surface area contributed by atoms with E-state index in [9.17, 15) is 4.79 Å². The molecule has 8 nitrogen and oxygen atoms in total. The third-order valence-corrected chi connectivity index (χ3v) is 3.60. The van der Waals surface area contributed by atoms with Crippen molar-refractivity contribution in [3.8, 4) is 0 Å². The SMILES string of the molecule is CNC(C(=O)Nc1cnn(Cc2ccncc2)c1)c1cnn(C)c1. The lowest BCUT2D eigenvalue weighted by Crippen LogP contribution is -2.30. The van der Waals surface area contributed by atoms with Gasteiger partial charge in [-0.15, -0.1) is 0 Å². The number of nitrogens with zero attached hydrogens (tertiary/aromatic N) is 5. The molecule has 0 fully saturated rings. The van der Waals surface area contributed by atoms with E-state index in [0.29, 0.717) is 12.2 Å². The minimum atomic E-state index is -0.470. The third kappa shape index (κ3) is 3.66. The van der Waals surface area contributed by atoms with Gasteiger partial charge in [0.25, 0.3) is 0 Å². The van der Waals surface area contributed by atoms with Gasteiger partial charge in [-0.2, -0.15) is 10.2 Å². The molecule has 0 radical (unpaired) electrons. The Bertz CT molecular complexity index is 809. The molecule has 0 aliphatic rings. The highest BCUT2D eigenvalue weighted by atomic mass is 16.2. The molecule has 124 valence electrons. The number of pyridine rings is 1. The number of carbonyl (C=O) groups excluding carboxylic acids is 1. The second-order valence-corrected chi connectivity index (χ2v) is 5.44. The molecule has 1 atom stereocenters. The summed E-state index contributed by atoms with van der Waals surface area (Å²) in [6, 6.07) is 3.39. The van der Waals surface area contributed by atoms with Crippen LogP contribution in [0, 0.1) is 0 Å². The van der Waals surface area contributed by atoms with Crippen LogP contribution in [0.15, 0.2) is 49.3 Å². The average Bonchev–Trinajstić information content (AvgIpc) is 3.18. The van der Waals surface area contributed by atoms with Crippen molar-refractivity contribution in [3.05, 3.63) is 60.4 Å². The molecule has 0 saturated heterocycles. The molecule has 1 unspecified atom stereocenters. The van der Waals surface area contributed by atoms with Gasteiger partial charge in [0, 0.05) is 37.4 Å². The van der Waals surface area contributed by atoms with E-state index in [-0.39, 0.29) is 5.91 Å². The number of likely N-dealkylation sites (N-methyl/N-ethyl adjacent to an activating group) is 1. The van der Waals surface area contributed by atoms with Crippen molar-refractivity contribution >= 4 is 11.6 Å². The first-order chi connectivity index (χ1) is 11.7. The number of hydrogen-bond acceptors (Lipinski definition) is 5. The Hall–Kier alpha value is -3.00. The molecule has 8 heteroatoms. The molecule has 0 bridgehead atoms. The zero-order chi connectivity index (χ0) is 16.9. The van der Waals surface area contributed by atoms with Crippen LogP contribution < -0.4 is 10.6 Å². The van der Waals surface area contributed by atoms with Crippen molar-refractivity contribution in [1.29, 1.82) is 0 Å². The van der Waals surface area contributed by atoms with Crippen LogP contribution in [0.3, 0.4) is 0 Å². The molecule has 24 heavy (non-hydrogen) atoms. The number of rotatable bonds is 6. The second-order valence-electron chi connectivity index (χ2n) is 5.44. The Morgan fingerprint density at radius 2 is 2.00 bits per heavy atom. The van der Waals surface area contributed by atoms with Crippen molar-refractivity contribution in [3.63, 3.8) is 0 Å². The summed E-state index contributed by atoms with van der Waals surface area (Å²) in [7, 11) is 3.56. The highest BCUT2D eigenvalue weighted by Crippen LogP contribution is 2.15. The van der Waals surface area contributed by atoms with Gasteiger partial charge in [0.05, 0.1) is 24.6 Å². The first kappa shape index (κ1) is 15.9. The quantitative estimate of drug-likeness (QED) is 0.704. The van der Waals surface area contributed by atoms with Crippen LogP contribution in [0.5, 0.6) is 0 Å². The topological polar surface area (TPSA) is 89.7 Å². The third-order valence-electron chi connectivity index (χ3n) is 3.60. The fourth-order valence-corrected chi connectivity index (χ4v) is 2.44. The number of carbonyl (C=O) groups is 1. The molecule has 0 aliphatic heterocycles. The summed E-state index contributed by atoms with van der Waals surface area (Å²) in [5.41, 5.74) is 2.55. The molecule has 3 aromatic rings. The van der Waals surface area contributed by atoms with E-state index in [1.165, 1.54) is 0 Å². The fourth-order valence-electron chi connectivity index (χ4n) is 2.44. The molecule has 0 aliphatic carbocycles. The van der Waals surface area contributed by atoms with E-state index in [1.807, 2.05) is 25.4 Å². The number of nitrogens with one attached hydrogen (secondary N) is 2. The summed E-state index contributed by atoms with van der Waals surface area (Å²) >= 11 is 0. The molecule has 0 aromatic carbocycles. The van der Waals surface area contributed by atoms with Crippen LogP contribution in [0.2, 0.25) is 0 Å². The normalized spacial score (nSPS) is 12.1. The van der Waals surface area contributed by atoms with Gasteiger partial charge in [0.2, 0.25) is 5.91 Å². The Labute approximate surface area is 139 Å². The molecule has 3 heterocycles. The minimum absolute atomic E-state index is 0.158. The molecular formula is C16H19N7O. The van der Waals surface area contributed by atoms with Gasteiger partial charge in [0.15, 0.2) is 0 Å². The van der Waals surface area contributed by atoms with E-state index in [2.05, 4.69) is 25.8 Å². The average molecular weight is 325 g/mol. The van der Waals surface area contributed by atoms with E-state index >= 15 is 0 Å². The maximum atomic E-state index is 12.5. The molecule has 0 spiro atoms. The van der Waals surface area contributed by atoms with Crippen molar-refractivity contribution in [2.45, 2.75) is 12.6 Å². The smallest absolute Gasteiger partial charge is 0.246 e. The summed E-state index contributed by atoms with van der Waals surface area (Å²) in [4.78, 5) is 16.5. The lowest BCUT2D eigenvalue weighted by molar-refractivity contribution is -0.118. The lowest BCUT2D eigenvalue weighted by Gasteiger charge is -2.13. The number of anilines is 1. The van der Waals surface area contributed by atoms with Crippen molar-refractivity contribution in [1.82, 2.24) is 29.9 Å². The lowest BCUT2D eigenvalue weighted by atomic mass is 10.1. The fraction of sp³-hybridized carbons (Fsp3) is 0.250. The first-order valence-electron chi connectivity index (χ1n) is 7.54. The zero-order valence-electron chi connectivity index (χ0n) is 13.5.